The first-order valence-corrected chi connectivity index (χ1v) is 16.0. The fraction of sp³-hybridized carbons (Fsp3) is 0.735. The molecule has 9 nitrogen and oxygen atoms in total. The van der Waals surface area contributed by atoms with Crippen LogP contribution in [0.25, 0.3) is 0 Å². The monoisotopic (exact) mass is 596 g/mol. The predicted molar refractivity (Wildman–Crippen MR) is 153 cm³/mol. The minimum absolute atomic E-state index is 0.0161. The normalized spacial score (nSPS) is 46.5. The topological polar surface area (TPSA) is 90.9 Å². The summed E-state index contributed by atoms with van der Waals surface area (Å²) in [7, 11) is 1.70. The van der Waals surface area contributed by atoms with E-state index in [1.807, 2.05) is 33.8 Å². The van der Waals surface area contributed by atoms with E-state index in [1.165, 1.54) is 11.1 Å². The quantitative estimate of drug-likeness (QED) is 0.356. The van der Waals surface area contributed by atoms with Crippen LogP contribution in [0.4, 0.5) is 0 Å². The van der Waals surface area contributed by atoms with Gasteiger partial charge in [0.1, 0.15) is 23.4 Å². The van der Waals surface area contributed by atoms with Crippen LogP contribution in [-0.2, 0) is 44.4 Å². The molecule has 0 radical (unpaired) electrons. The van der Waals surface area contributed by atoms with Gasteiger partial charge in [-0.25, -0.2) is 0 Å². The molecule has 4 saturated heterocycles. The fourth-order valence-electron chi connectivity index (χ4n) is 9.95. The molecule has 2 bridgehead atoms. The molecule has 1 spiro atoms. The third-order valence-electron chi connectivity index (χ3n) is 11.6. The number of fused-ring (bicyclic) bond motifs is 7. The van der Waals surface area contributed by atoms with E-state index in [9.17, 15) is 4.79 Å². The van der Waals surface area contributed by atoms with Crippen LogP contribution in [0, 0.1) is 23.2 Å². The van der Waals surface area contributed by atoms with Gasteiger partial charge in [-0.1, -0.05) is 12.1 Å². The molecule has 8 rings (SSSR count). The minimum Gasteiger partial charge on any atom is -0.497 e. The third kappa shape index (κ3) is 4.08. The van der Waals surface area contributed by atoms with E-state index in [1.54, 1.807) is 7.11 Å². The van der Waals surface area contributed by atoms with Crippen molar-refractivity contribution >= 4 is 5.97 Å². The number of hydrogen-bond donors (Lipinski definition) is 0. The zero-order valence-corrected chi connectivity index (χ0v) is 25.8. The summed E-state index contributed by atoms with van der Waals surface area (Å²) in [6, 6.07) is 6.33. The Hall–Kier alpha value is -2.01. The second-order valence-electron chi connectivity index (χ2n) is 14.7. The Kier molecular flexibility index (Phi) is 6.29. The van der Waals surface area contributed by atoms with E-state index in [-0.39, 0.29) is 23.4 Å². The van der Waals surface area contributed by atoms with Gasteiger partial charge in [0, 0.05) is 11.8 Å². The summed E-state index contributed by atoms with van der Waals surface area (Å²) < 4.78 is 50.0. The average molecular weight is 597 g/mol. The molecule has 2 saturated carbocycles. The number of hydrogen-bond acceptors (Lipinski definition) is 9. The molecule has 1 aromatic rings. The molecule has 11 atom stereocenters. The molecule has 43 heavy (non-hydrogen) atoms. The molecule has 6 fully saturated rings. The van der Waals surface area contributed by atoms with Crippen LogP contribution in [0.1, 0.15) is 70.4 Å². The van der Waals surface area contributed by atoms with E-state index in [0.29, 0.717) is 31.5 Å². The molecule has 4 aliphatic heterocycles. The second kappa shape index (κ2) is 9.50. The van der Waals surface area contributed by atoms with Crippen LogP contribution >= 0.6 is 0 Å². The van der Waals surface area contributed by atoms with Crippen LogP contribution in [0.2, 0.25) is 0 Å². The van der Waals surface area contributed by atoms with Crippen molar-refractivity contribution in [2.45, 2.75) is 114 Å². The van der Waals surface area contributed by atoms with Crippen LogP contribution < -0.4 is 4.74 Å². The molecular weight excluding hydrogens is 552 g/mol. The number of benzene rings is 1. The Balaban J connectivity index is 1.18. The van der Waals surface area contributed by atoms with Crippen LogP contribution in [0.15, 0.2) is 30.9 Å². The standard InChI is InChI=1S/C34H44O9/c1-7-19-9-13-23-22-11-8-18-14-20(36-6)10-12-21(18)25(22)33(16-34(19,23)38-17-33)30(35)40-27-26(24-15-37-31(2,3)41-24)39-29-28(27)42-32(4,5)43-29/h7,10,12,14,19,22-29H,1,8-9,11,13,15-17H2,2-6H3/t19-,22-,23+,24+,25-,26+,27-,28+,29+,33-,34-/m0/s1. The molecule has 9 heteroatoms. The van der Waals surface area contributed by atoms with E-state index in [0.717, 1.165) is 31.4 Å². The Morgan fingerprint density at radius 1 is 1.02 bits per heavy atom. The summed E-state index contributed by atoms with van der Waals surface area (Å²) in [4.78, 5) is 15.0. The lowest BCUT2D eigenvalue weighted by molar-refractivity contribution is -0.237. The third-order valence-corrected chi connectivity index (χ3v) is 11.6. The highest BCUT2D eigenvalue weighted by atomic mass is 16.9. The van der Waals surface area contributed by atoms with Crippen molar-refractivity contribution in [3.8, 4) is 5.75 Å². The largest absolute Gasteiger partial charge is 0.497 e. The van der Waals surface area contributed by atoms with Gasteiger partial charge in [-0.15, -0.1) is 6.58 Å². The summed E-state index contributed by atoms with van der Waals surface area (Å²) in [5.74, 6) is -0.127. The van der Waals surface area contributed by atoms with Gasteiger partial charge < -0.3 is 37.9 Å². The lowest BCUT2D eigenvalue weighted by Gasteiger charge is -2.53. The molecule has 3 aliphatic carbocycles. The van der Waals surface area contributed by atoms with Crippen molar-refractivity contribution in [3.05, 3.63) is 42.0 Å². The first-order chi connectivity index (χ1) is 20.5. The molecule has 1 aromatic carbocycles. The van der Waals surface area contributed by atoms with E-state index in [2.05, 4.69) is 24.8 Å². The van der Waals surface area contributed by atoms with Gasteiger partial charge in [0.2, 0.25) is 0 Å². The molecule has 4 heterocycles. The highest BCUT2D eigenvalue weighted by molar-refractivity contribution is 5.80. The predicted octanol–water partition coefficient (Wildman–Crippen LogP) is 4.65. The van der Waals surface area contributed by atoms with Crippen LogP contribution in [0.5, 0.6) is 5.75 Å². The van der Waals surface area contributed by atoms with E-state index < -0.39 is 47.7 Å². The van der Waals surface area contributed by atoms with Crippen molar-refractivity contribution < 1.29 is 42.7 Å². The maximum absolute atomic E-state index is 15.0. The lowest BCUT2D eigenvalue weighted by atomic mass is 9.50. The SMILES string of the molecule is C=C[C@H]1CC[C@@H]2[C@@H]3CCc4cc(OC)ccc4[C@@H]3[C@@]3(C(=O)O[C@@H]4[C@H]5OC(C)(C)O[C@H]5O[C@@H]4[C@H]4COC(C)(C)O4)CO[C@]21C3. The van der Waals surface area contributed by atoms with Gasteiger partial charge in [-0.05, 0) is 94.9 Å². The lowest BCUT2D eigenvalue weighted by Crippen LogP contribution is -2.56. The second-order valence-corrected chi connectivity index (χ2v) is 14.7. The van der Waals surface area contributed by atoms with Crippen molar-refractivity contribution in [1.82, 2.24) is 0 Å². The van der Waals surface area contributed by atoms with Crippen molar-refractivity contribution in [1.29, 1.82) is 0 Å². The van der Waals surface area contributed by atoms with Crippen molar-refractivity contribution in [2.75, 3.05) is 20.3 Å². The number of aryl methyl sites for hydroxylation is 1. The Bertz CT molecular complexity index is 1320. The molecule has 0 N–H and O–H groups in total. The molecule has 0 unspecified atom stereocenters. The first kappa shape index (κ1) is 28.5. The fourth-order valence-corrected chi connectivity index (χ4v) is 9.95. The highest BCUT2D eigenvalue weighted by Gasteiger charge is 2.73. The number of carbonyl (C=O) groups is 1. The number of esters is 1. The maximum atomic E-state index is 15.0. The Morgan fingerprint density at radius 2 is 1.86 bits per heavy atom. The summed E-state index contributed by atoms with van der Waals surface area (Å²) in [6.45, 7) is 12.3. The maximum Gasteiger partial charge on any atom is 0.315 e. The smallest absolute Gasteiger partial charge is 0.315 e. The van der Waals surface area contributed by atoms with Gasteiger partial charge in [0.15, 0.2) is 30.1 Å². The number of methoxy groups -OCH3 is 1. The van der Waals surface area contributed by atoms with Gasteiger partial charge in [-0.3, -0.25) is 4.79 Å². The Morgan fingerprint density at radius 3 is 2.60 bits per heavy atom. The number of ether oxygens (including phenoxy) is 8. The number of rotatable bonds is 5. The van der Waals surface area contributed by atoms with Gasteiger partial charge in [-0.2, -0.15) is 0 Å². The van der Waals surface area contributed by atoms with E-state index in [4.69, 9.17) is 37.9 Å². The zero-order chi connectivity index (χ0) is 29.9. The molecule has 7 aliphatic rings. The first-order valence-electron chi connectivity index (χ1n) is 16.0. The summed E-state index contributed by atoms with van der Waals surface area (Å²) in [5.41, 5.74) is 1.24. The number of carbonyl (C=O) groups excluding carboxylic acids is 1. The van der Waals surface area contributed by atoms with Crippen molar-refractivity contribution in [3.63, 3.8) is 0 Å². The summed E-state index contributed by atoms with van der Waals surface area (Å²) >= 11 is 0. The van der Waals surface area contributed by atoms with Gasteiger partial charge in [0.25, 0.3) is 0 Å². The molecular formula is C34H44O9. The minimum atomic E-state index is -0.859. The molecule has 0 aromatic heterocycles. The average Bonchev–Trinajstić information content (AvgIpc) is 3.76. The highest BCUT2D eigenvalue weighted by Crippen LogP contribution is 2.70. The molecule has 0 amide bonds. The molecule has 234 valence electrons. The van der Waals surface area contributed by atoms with E-state index >= 15 is 0 Å². The summed E-state index contributed by atoms with van der Waals surface area (Å²) in [6.07, 6.45) is 3.79. The Labute approximate surface area is 253 Å². The zero-order valence-electron chi connectivity index (χ0n) is 25.8. The summed E-state index contributed by atoms with van der Waals surface area (Å²) in [5, 5.41) is 0. The van der Waals surface area contributed by atoms with Crippen molar-refractivity contribution in [2.24, 2.45) is 23.2 Å². The van der Waals surface area contributed by atoms with Crippen LogP contribution in [-0.4, -0.2) is 74.2 Å². The van der Waals surface area contributed by atoms with Gasteiger partial charge >= 0.3 is 5.97 Å². The van der Waals surface area contributed by atoms with Crippen LogP contribution in [0.3, 0.4) is 0 Å². The van der Waals surface area contributed by atoms with Gasteiger partial charge in [0.05, 0.1) is 25.9 Å².